The Labute approximate surface area is 146 Å². The van der Waals surface area contributed by atoms with Gasteiger partial charge >= 0.3 is 6.18 Å². The minimum atomic E-state index is -4.18. The lowest BCUT2D eigenvalue weighted by molar-refractivity contribution is -0.138. The van der Waals surface area contributed by atoms with Gasteiger partial charge in [0, 0.05) is 38.6 Å². The summed E-state index contributed by atoms with van der Waals surface area (Å²) in [5.74, 6) is 1.13. The Kier molecular flexibility index (Phi) is 8.12. The molecule has 1 N–H and O–H groups in total. The highest BCUT2D eigenvalue weighted by Gasteiger charge is 2.33. The molecule has 1 aliphatic rings. The first-order valence-corrected chi connectivity index (χ1v) is 7.68. The minimum Gasteiger partial charge on any atom is -0.496 e. The molecule has 4 nitrogen and oxygen atoms in total. The molecule has 0 bridgehead atoms. The van der Waals surface area contributed by atoms with E-state index in [0.29, 0.717) is 30.2 Å². The van der Waals surface area contributed by atoms with E-state index in [1.165, 1.54) is 14.2 Å². The summed E-state index contributed by atoms with van der Waals surface area (Å²) in [6.07, 6.45) is -5.02. The number of alkyl halides is 3. The van der Waals surface area contributed by atoms with Gasteiger partial charge in [-0.3, -0.25) is 4.90 Å². The van der Waals surface area contributed by atoms with Gasteiger partial charge in [0.05, 0.1) is 19.8 Å². The molecule has 1 heterocycles. The second kappa shape index (κ2) is 9.34. The summed E-state index contributed by atoms with van der Waals surface area (Å²) in [5, 5.41) is 3.22. The molecule has 138 valence electrons. The molecule has 8 heteroatoms. The van der Waals surface area contributed by atoms with Crippen molar-refractivity contribution in [2.24, 2.45) is 0 Å². The fraction of sp³-hybridized carbons (Fsp3) is 0.625. The van der Waals surface area contributed by atoms with Crippen molar-refractivity contribution < 1.29 is 22.6 Å². The predicted octanol–water partition coefficient (Wildman–Crippen LogP) is 3.41. The van der Waals surface area contributed by atoms with Gasteiger partial charge in [0.1, 0.15) is 11.5 Å². The highest BCUT2D eigenvalue weighted by atomic mass is 35.5. The third-order valence-corrected chi connectivity index (χ3v) is 4.09. The first kappa shape index (κ1) is 20.9. The van der Waals surface area contributed by atoms with E-state index in [1.807, 2.05) is 0 Å². The van der Waals surface area contributed by atoms with E-state index < -0.39 is 12.6 Å². The fourth-order valence-electron chi connectivity index (χ4n) is 3.01. The molecule has 1 saturated heterocycles. The summed E-state index contributed by atoms with van der Waals surface area (Å²) in [6.45, 7) is 2.92. The van der Waals surface area contributed by atoms with Gasteiger partial charge in [-0.15, -0.1) is 12.4 Å². The van der Waals surface area contributed by atoms with E-state index in [-0.39, 0.29) is 24.9 Å². The number of hydrogen-bond donors (Lipinski definition) is 1. The van der Waals surface area contributed by atoms with E-state index in [0.717, 1.165) is 13.1 Å². The number of piperazine rings is 1. The van der Waals surface area contributed by atoms with Crippen molar-refractivity contribution in [3.05, 3.63) is 23.8 Å². The van der Waals surface area contributed by atoms with Crippen molar-refractivity contribution in [1.29, 1.82) is 0 Å². The molecule has 0 aromatic heterocycles. The molecule has 0 amide bonds. The molecule has 1 atom stereocenters. The van der Waals surface area contributed by atoms with E-state index in [4.69, 9.17) is 9.47 Å². The molecule has 0 spiro atoms. The Hall–Kier alpha value is -1.18. The van der Waals surface area contributed by atoms with Crippen molar-refractivity contribution in [1.82, 2.24) is 10.2 Å². The molecule has 0 aliphatic carbocycles. The smallest absolute Gasteiger partial charge is 0.389 e. The lowest BCUT2D eigenvalue weighted by Gasteiger charge is -2.36. The molecule has 1 aromatic carbocycles. The molecule has 2 rings (SSSR count). The van der Waals surface area contributed by atoms with Crippen molar-refractivity contribution in [2.45, 2.75) is 25.1 Å². The Morgan fingerprint density at radius 1 is 1.12 bits per heavy atom. The van der Waals surface area contributed by atoms with E-state index in [1.54, 1.807) is 18.2 Å². The Bertz CT molecular complexity index is 486. The number of benzene rings is 1. The van der Waals surface area contributed by atoms with Crippen LogP contribution in [0.2, 0.25) is 0 Å². The number of halogens is 4. The van der Waals surface area contributed by atoms with Gasteiger partial charge in [-0.25, -0.2) is 0 Å². The molecular formula is C16H24ClF3N2O2. The van der Waals surface area contributed by atoms with Crippen LogP contribution in [0.1, 0.15) is 24.4 Å². The largest absolute Gasteiger partial charge is 0.496 e. The third kappa shape index (κ3) is 5.43. The number of methoxy groups -OCH3 is 2. The second-order valence-corrected chi connectivity index (χ2v) is 5.53. The van der Waals surface area contributed by atoms with Crippen LogP contribution < -0.4 is 14.8 Å². The number of rotatable bonds is 6. The molecular weight excluding hydrogens is 345 g/mol. The highest BCUT2D eigenvalue weighted by molar-refractivity contribution is 5.85. The zero-order valence-electron chi connectivity index (χ0n) is 13.9. The van der Waals surface area contributed by atoms with Gasteiger partial charge < -0.3 is 14.8 Å². The summed E-state index contributed by atoms with van der Waals surface area (Å²) >= 11 is 0. The predicted molar refractivity (Wildman–Crippen MR) is 89.3 cm³/mol. The highest BCUT2D eigenvalue weighted by Crippen LogP contribution is 2.41. The lowest BCUT2D eigenvalue weighted by atomic mass is 9.97. The van der Waals surface area contributed by atoms with Crippen LogP contribution in [0.5, 0.6) is 11.5 Å². The second-order valence-electron chi connectivity index (χ2n) is 5.53. The number of nitrogens with one attached hydrogen (secondary N) is 1. The molecule has 0 unspecified atom stereocenters. The maximum atomic E-state index is 12.8. The van der Waals surface area contributed by atoms with Crippen LogP contribution in [0.15, 0.2) is 18.2 Å². The fourth-order valence-corrected chi connectivity index (χ4v) is 3.01. The van der Waals surface area contributed by atoms with E-state index in [2.05, 4.69) is 10.2 Å². The van der Waals surface area contributed by atoms with Crippen LogP contribution >= 0.6 is 12.4 Å². The van der Waals surface area contributed by atoms with Gasteiger partial charge in [-0.1, -0.05) is 6.07 Å². The summed E-state index contributed by atoms with van der Waals surface area (Å²) < 4.78 is 49.1. The quantitative estimate of drug-likeness (QED) is 0.834. The average Bonchev–Trinajstić information content (AvgIpc) is 2.55. The summed E-state index contributed by atoms with van der Waals surface area (Å²) in [6, 6.07) is 4.92. The standard InChI is InChI=1S/C16H23F3N2O2.ClH/c1-22-13-4-3-5-14(23-2)15(13)12(6-7-16(17,18)19)21-10-8-20-9-11-21;/h3-5,12,20H,6-11H2,1-2H3;1H/t12-;/m1./s1. The molecule has 0 radical (unpaired) electrons. The molecule has 1 fully saturated rings. The SMILES string of the molecule is COc1cccc(OC)c1[C@@H](CCC(F)(F)F)N1CCNCC1.Cl. The summed E-state index contributed by atoms with van der Waals surface area (Å²) in [7, 11) is 3.05. The van der Waals surface area contributed by atoms with Gasteiger partial charge in [0.2, 0.25) is 0 Å². The average molecular weight is 369 g/mol. The van der Waals surface area contributed by atoms with E-state index >= 15 is 0 Å². The zero-order valence-corrected chi connectivity index (χ0v) is 14.7. The van der Waals surface area contributed by atoms with E-state index in [9.17, 15) is 13.2 Å². The van der Waals surface area contributed by atoms with Gasteiger partial charge in [-0.2, -0.15) is 13.2 Å². The topological polar surface area (TPSA) is 33.7 Å². The first-order valence-electron chi connectivity index (χ1n) is 7.68. The van der Waals surface area contributed by atoms with Crippen LogP contribution in [0, 0.1) is 0 Å². The maximum absolute atomic E-state index is 12.8. The number of hydrogen-bond acceptors (Lipinski definition) is 4. The Balaban J connectivity index is 0.00000288. The minimum absolute atomic E-state index is 0. The zero-order chi connectivity index (χ0) is 16.9. The maximum Gasteiger partial charge on any atom is 0.389 e. The molecule has 1 aliphatic heterocycles. The van der Waals surface area contributed by atoms with Gasteiger partial charge in [-0.05, 0) is 18.6 Å². The monoisotopic (exact) mass is 368 g/mol. The van der Waals surface area contributed by atoms with Gasteiger partial charge in [0.15, 0.2) is 0 Å². The summed E-state index contributed by atoms with van der Waals surface area (Å²) in [5.41, 5.74) is 0.698. The van der Waals surface area contributed by atoms with Crippen molar-refractivity contribution in [2.75, 3.05) is 40.4 Å². The van der Waals surface area contributed by atoms with Gasteiger partial charge in [0.25, 0.3) is 0 Å². The Morgan fingerprint density at radius 2 is 1.67 bits per heavy atom. The van der Waals surface area contributed by atoms with Crippen molar-refractivity contribution >= 4 is 12.4 Å². The molecule has 1 aromatic rings. The number of ether oxygens (including phenoxy) is 2. The van der Waals surface area contributed by atoms with Crippen molar-refractivity contribution in [3.63, 3.8) is 0 Å². The van der Waals surface area contributed by atoms with Crippen LogP contribution in [-0.2, 0) is 0 Å². The Morgan fingerprint density at radius 3 is 2.12 bits per heavy atom. The van der Waals surface area contributed by atoms with Crippen LogP contribution in [0.4, 0.5) is 13.2 Å². The van der Waals surface area contributed by atoms with Crippen molar-refractivity contribution in [3.8, 4) is 11.5 Å². The third-order valence-electron chi connectivity index (χ3n) is 4.09. The summed E-state index contributed by atoms with van der Waals surface area (Å²) in [4.78, 5) is 2.07. The van der Waals surface area contributed by atoms with Crippen LogP contribution in [0.25, 0.3) is 0 Å². The number of nitrogens with zero attached hydrogens (tertiary/aromatic N) is 1. The first-order chi connectivity index (χ1) is 11.0. The van der Waals surface area contributed by atoms with Crippen LogP contribution in [0.3, 0.4) is 0 Å². The molecule has 0 saturated carbocycles. The van der Waals surface area contributed by atoms with Crippen LogP contribution in [-0.4, -0.2) is 51.5 Å². The molecule has 24 heavy (non-hydrogen) atoms. The normalized spacial score (nSPS) is 17.0. The lowest BCUT2D eigenvalue weighted by Crippen LogP contribution is -2.45.